The molecular weight excluding hydrogens is 168 g/mol. The first-order valence-corrected chi connectivity index (χ1v) is 4.97. The highest BCUT2D eigenvalue weighted by Crippen LogP contribution is 1.92. The monoisotopic (exact) mass is 184 g/mol. The highest BCUT2D eigenvalue weighted by molar-refractivity contribution is 5.17. The molecule has 0 nitrogen and oxygen atoms in total. The van der Waals surface area contributed by atoms with Crippen LogP contribution in [0.25, 0.3) is 0 Å². The molecule has 0 saturated carbocycles. The van der Waals surface area contributed by atoms with E-state index in [9.17, 15) is 0 Å². The van der Waals surface area contributed by atoms with E-state index in [2.05, 4.69) is 48.6 Å². The average molecular weight is 184 g/mol. The second-order valence-electron chi connectivity index (χ2n) is 2.95. The van der Waals surface area contributed by atoms with Crippen molar-refractivity contribution in [2.75, 3.05) is 0 Å². The van der Waals surface area contributed by atoms with E-state index >= 15 is 0 Å². The van der Waals surface area contributed by atoms with Gasteiger partial charge in [0.15, 0.2) is 0 Å². The Kier molecular flexibility index (Phi) is 6.05. The van der Waals surface area contributed by atoms with Crippen LogP contribution in [0, 0.1) is 0 Å². The molecule has 0 aliphatic heterocycles. The van der Waals surface area contributed by atoms with Gasteiger partial charge in [0.2, 0.25) is 0 Å². The Morgan fingerprint density at radius 2 is 0.643 bits per heavy atom. The maximum atomic E-state index is 2.14. The summed E-state index contributed by atoms with van der Waals surface area (Å²) in [5, 5.41) is 0. The zero-order valence-corrected chi connectivity index (χ0v) is 8.34. The minimum Gasteiger partial charge on any atom is -0.0808 e. The van der Waals surface area contributed by atoms with Gasteiger partial charge in [-0.3, -0.25) is 0 Å². The van der Waals surface area contributed by atoms with Gasteiger partial charge in [-0.15, -0.1) is 0 Å². The summed E-state index contributed by atoms with van der Waals surface area (Å²) in [5.74, 6) is 0. The average Bonchev–Trinajstić information content (AvgIpc) is 2.22. The largest absolute Gasteiger partial charge is 0.0808 e. The summed E-state index contributed by atoms with van der Waals surface area (Å²) in [5.41, 5.74) is 0. The number of rotatable bonds is 0. The third-order valence-electron chi connectivity index (χ3n) is 1.76. The Labute approximate surface area is 86.3 Å². The lowest BCUT2D eigenvalue weighted by Gasteiger charge is -1.82. The van der Waals surface area contributed by atoms with Gasteiger partial charge in [0.1, 0.15) is 0 Å². The van der Waals surface area contributed by atoms with Gasteiger partial charge in [0.25, 0.3) is 0 Å². The van der Waals surface area contributed by atoms with Crippen molar-refractivity contribution in [3.05, 3.63) is 72.9 Å². The van der Waals surface area contributed by atoms with Crippen LogP contribution in [0.1, 0.15) is 12.8 Å². The Morgan fingerprint density at radius 1 is 0.357 bits per heavy atom. The minimum atomic E-state index is 0.994. The maximum Gasteiger partial charge on any atom is -0.0163 e. The maximum absolute atomic E-state index is 2.14. The molecule has 0 atom stereocenters. The predicted octanol–water partition coefficient (Wildman–Crippen LogP) is 4.12. The van der Waals surface area contributed by atoms with Crippen molar-refractivity contribution in [1.82, 2.24) is 0 Å². The topological polar surface area (TPSA) is 0 Å². The Bertz CT molecular complexity index is 264. The quantitative estimate of drug-likeness (QED) is 0.531. The zero-order valence-electron chi connectivity index (χ0n) is 8.34. The second-order valence-corrected chi connectivity index (χ2v) is 2.95. The molecule has 0 aromatic carbocycles. The number of hydrogen-bond donors (Lipinski definition) is 0. The van der Waals surface area contributed by atoms with Crippen LogP contribution in [0.4, 0.5) is 0 Å². The fourth-order valence-electron chi connectivity index (χ4n) is 1.04. The summed E-state index contributed by atoms with van der Waals surface area (Å²) >= 11 is 0. The predicted molar refractivity (Wildman–Crippen MR) is 64.1 cm³/mol. The molecule has 14 heavy (non-hydrogen) atoms. The van der Waals surface area contributed by atoms with Crippen molar-refractivity contribution in [2.24, 2.45) is 0 Å². The fraction of sp³-hybridized carbons (Fsp3) is 0.143. The summed E-state index contributed by atoms with van der Waals surface area (Å²) in [7, 11) is 0. The van der Waals surface area contributed by atoms with E-state index in [1.54, 1.807) is 0 Å². The van der Waals surface area contributed by atoms with Crippen molar-refractivity contribution in [3.8, 4) is 0 Å². The highest BCUT2D eigenvalue weighted by atomic mass is 13.8. The van der Waals surface area contributed by atoms with Crippen molar-refractivity contribution < 1.29 is 0 Å². The Hall–Kier alpha value is -1.56. The molecule has 0 aromatic rings. The van der Waals surface area contributed by atoms with E-state index in [4.69, 9.17) is 0 Å². The molecule has 0 amide bonds. The molecule has 0 spiro atoms. The minimum absolute atomic E-state index is 0.994. The summed E-state index contributed by atoms with van der Waals surface area (Å²) < 4.78 is 0. The van der Waals surface area contributed by atoms with Crippen LogP contribution in [-0.4, -0.2) is 0 Å². The van der Waals surface area contributed by atoms with Crippen molar-refractivity contribution in [2.45, 2.75) is 12.8 Å². The van der Waals surface area contributed by atoms with Crippen LogP contribution in [-0.2, 0) is 0 Å². The third-order valence-corrected chi connectivity index (χ3v) is 1.76. The summed E-state index contributed by atoms with van der Waals surface area (Å²) in [4.78, 5) is 0. The normalized spacial score (nSPS) is 30.9. The van der Waals surface area contributed by atoms with E-state index in [0.717, 1.165) is 12.8 Å². The third kappa shape index (κ3) is 6.01. The first kappa shape index (κ1) is 10.5. The highest BCUT2D eigenvalue weighted by Gasteiger charge is 1.71. The van der Waals surface area contributed by atoms with E-state index < -0.39 is 0 Å². The van der Waals surface area contributed by atoms with Gasteiger partial charge in [0.05, 0.1) is 0 Å². The standard InChI is InChI=1S/C14H16/c1-2-4-6-8-10-12-14-13-11-9-7-5-3-1/h1-8,11-14H,9-10H2/b3-1-,4-2+,7-5+,8-6+,13-11+,14-12-. The molecular formula is C14H16. The van der Waals surface area contributed by atoms with Gasteiger partial charge in [-0.05, 0) is 12.8 Å². The molecule has 72 valence electrons. The summed E-state index contributed by atoms with van der Waals surface area (Å²) in [6.07, 6.45) is 27.0. The second kappa shape index (κ2) is 8.06. The Morgan fingerprint density at radius 3 is 1.07 bits per heavy atom. The molecule has 0 unspecified atom stereocenters. The van der Waals surface area contributed by atoms with E-state index in [1.165, 1.54) is 0 Å². The number of allylic oxidation sites excluding steroid dienone is 12. The molecule has 0 aromatic heterocycles. The molecule has 0 bridgehead atoms. The summed E-state index contributed by atoms with van der Waals surface area (Å²) in [6.45, 7) is 0. The van der Waals surface area contributed by atoms with Crippen molar-refractivity contribution in [1.29, 1.82) is 0 Å². The smallest absolute Gasteiger partial charge is 0.0163 e. The van der Waals surface area contributed by atoms with Crippen LogP contribution in [0.2, 0.25) is 0 Å². The van der Waals surface area contributed by atoms with Gasteiger partial charge in [-0.25, -0.2) is 0 Å². The lowest BCUT2D eigenvalue weighted by molar-refractivity contribution is 1.37. The van der Waals surface area contributed by atoms with Crippen LogP contribution in [0.5, 0.6) is 0 Å². The van der Waals surface area contributed by atoms with Gasteiger partial charge in [-0.2, -0.15) is 0 Å². The molecule has 0 saturated heterocycles. The van der Waals surface area contributed by atoms with Crippen molar-refractivity contribution in [3.63, 3.8) is 0 Å². The Balaban J connectivity index is 2.55. The lowest BCUT2D eigenvalue weighted by Crippen LogP contribution is -1.61. The molecule has 1 aliphatic rings. The van der Waals surface area contributed by atoms with Crippen LogP contribution in [0.3, 0.4) is 0 Å². The number of hydrogen-bond acceptors (Lipinski definition) is 0. The summed E-state index contributed by atoms with van der Waals surface area (Å²) in [6, 6.07) is 0. The van der Waals surface area contributed by atoms with Gasteiger partial charge < -0.3 is 0 Å². The van der Waals surface area contributed by atoms with Crippen LogP contribution in [0.15, 0.2) is 72.9 Å². The van der Waals surface area contributed by atoms with Crippen molar-refractivity contribution >= 4 is 0 Å². The molecule has 0 N–H and O–H groups in total. The van der Waals surface area contributed by atoms with Gasteiger partial charge in [0, 0.05) is 0 Å². The molecule has 0 fully saturated rings. The molecule has 0 heterocycles. The molecule has 0 radical (unpaired) electrons. The van der Waals surface area contributed by atoms with Crippen LogP contribution < -0.4 is 0 Å². The zero-order chi connectivity index (χ0) is 9.90. The van der Waals surface area contributed by atoms with E-state index in [-0.39, 0.29) is 0 Å². The van der Waals surface area contributed by atoms with Crippen LogP contribution >= 0.6 is 0 Å². The molecule has 0 heteroatoms. The first-order chi connectivity index (χ1) is 7.00. The van der Waals surface area contributed by atoms with Gasteiger partial charge >= 0.3 is 0 Å². The first-order valence-electron chi connectivity index (χ1n) is 4.97. The lowest BCUT2D eigenvalue weighted by atomic mass is 10.3. The van der Waals surface area contributed by atoms with E-state index in [1.807, 2.05) is 24.3 Å². The van der Waals surface area contributed by atoms with Gasteiger partial charge in [-0.1, -0.05) is 72.9 Å². The SMILES string of the molecule is C1=C\C=C\C/C=C/C=C\C/C=C/C=C/1. The fourth-order valence-corrected chi connectivity index (χ4v) is 1.04. The van der Waals surface area contributed by atoms with E-state index in [0.29, 0.717) is 0 Å². The molecule has 1 aliphatic carbocycles. The molecule has 1 rings (SSSR count).